The van der Waals surface area contributed by atoms with Crippen LogP contribution in [0.2, 0.25) is 0 Å². The molecule has 19 heavy (non-hydrogen) atoms. The highest BCUT2D eigenvalue weighted by Gasteiger charge is 2.20. The lowest BCUT2D eigenvalue weighted by Gasteiger charge is -2.10. The Bertz CT molecular complexity index is 720. The zero-order valence-electron chi connectivity index (χ0n) is 9.47. The summed E-state index contributed by atoms with van der Waals surface area (Å²) in [5.41, 5.74) is 5.63. The summed E-state index contributed by atoms with van der Waals surface area (Å²) in [7, 11) is -4.26. The Kier molecular flexibility index (Phi) is 3.34. The van der Waals surface area contributed by atoms with Crippen LogP contribution in [-0.4, -0.2) is 13.4 Å². The second-order valence-corrected chi connectivity index (χ2v) is 5.29. The van der Waals surface area contributed by atoms with Crippen molar-refractivity contribution in [3.63, 3.8) is 0 Å². The molecule has 1 aromatic heterocycles. The van der Waals surface area contributed by atoms with Crippen molar-refractivity contribution in [1.29, 1.82) is 0 Å². The third-order valence-electron chi connectivity index (χ3n) is 2.28. The molecule has 0 saturated heterocycles. The highest BCUT2D eigenvalue weighted by molar-refractivity contribution is 7.92. The largest absolute Gasteiger partial charge is 0.396 e. The Balaban J connectivity index is 2.44. The maximum absolute atomic E-state index is 13.4. The topological polar surface area (TPSA) is 85.1 Å². The van der Waals surface area contributed by atoms with Crippen LogP contribution in [0.5, 0.6) is 0 Å². The molecule has 5 nitrogen and oxygen atoms in total. The number of hydrogen-bond acceptors (Lipinski definition) is 4. The zero-order valence-corrected chi connectivity index (χ0v) is 10.3. The monoisotopic (exact) mass is 285 g/mol. The molecule has 0 aliphatic rings. The Morgan fingerprint density at radius 2 is 1.95 bits per heavy atom. The van der Waals surface area contributed by atoms with Crippen LogP contribution in [0.15, 0.2) is 41.6 Å². The minimum absolute atomic E-state index is 0.0404. The number of rotatable bonds is 3. The van der Waals surface area contributed by atoms with Crippen LogP contribution >= 0.6 is 0 Å². The van der Waals surface area contributed by atoms with Gasteiger partial charge in [-0.25, -0.2) is 17.2 Å². The third kappa shape index (κ3) is 2.79. The molecule has 0 atom stereocenters. The standard InChI is InChI=1S/C11H9F2N3O2S/c12-7-1-2-8(13)11(5-7)19(17,18)16-10-3-4-15-6-9(10)14/h1-6H,14H2,(H,15,16). The van der Waals surface area contributed by atoms with Crippen molar-refractivity contribution >= 4 is 21.4 Å². The molecule has 2 aromatic rings. The summed E-state index contributed by atoms with van der Waals surface area (Å²) in [6, 6.07) is 3.47. The van der Waals surface area contributed by atoms with Gasteiger partial charge in [0.2, 0.25) is 0 Å². The second kappa shape index (κ2) is 4.81. The Morgan fingerprint density at radius 1 is 1.21 bits per heavy atom. The van der Waals surface area contributed by atoms with Crippen molar-refractivity contribution in [2.45, 2.75) is 4.90 Å². The van der Waals surface area contributed by atoms with Gasteiger partial charge in [0, 0.05) is 6.20 Å². The van der Waals surface area contributed by atoms with Crippen molar-refractivity contribution in [1.82, 2.24) is 4.98 Å². The van der Waals surface area contributed by atoms with E-state index in [1.54, 1.807) is 0 Å². The van der Waals surface area contributed by atoms with Crippen molar-refractivity contribution in [2.75, 3.05) is 10.5 Å². The lowest BCUT2D eigenvalue weighted by atomic mass is 10.3. The molecule has 0 radical (unpaired) electrons. The number of halogens is 2. The first-order valence-electron chi connectivity index (χ1n) is 5.07. The van der Waals surface area contributed by atoms with Crippen molar-refractivity contribution in [3.8, 4) is 0 Å². The van der Waals surface area contributed by atoms with Crippen LogP contribution in [0.1, 0.15) is 0 Å². The van der Waals surface area contributed by atoms with E-state index in [0.717, 1.165) is 12.1 Å². The molecule has 0 aliphatic carbocycles. The van der Waals surface area contributed by atoms with Gasteiger partial charge in [0.05, 0.1) is 17.6 Å². The molecule has 0 fully saturated rings. The number of nitrogens with zero attached hydrogens (tertiary/aromatic N) is 1. The van der Waals surface area contributed by atoms with Gasteiger partial charge in [0.25, 0.3) is 10.0 Å². The number of pyridine rings is 1. The first-order chi connectivity index (χ1) is 8.90. The predicted octanol–water partition coefficient (Wildman–Crippen LogP) is 1.74. The normalized spacial score (nSPS) is 11.3. The first-order valence-corrected chi connectivity index (χ1v) is 6.56. The predicted molar refractivity (Wildman–Crippen MR) is 65.8 cm³/mol. The number of benzene rings is 1. The highest BCUT2D eigenvalue weighted by Crippen LogP contribution is 2.22. The first kappa shape index (κ1) is 13.2. The van der Waals surface area contributed by atoms with Gasteiger partial charge in [-0.05, 0) is 24.3 Å². The van der Waals surface area contributed by atoms with E-state index in [4.69, 9.17) is 5.73 Å². The quantitative estimate of drug-likeness (QED) is 0.899. The molecule has 0 aliphatic heterocycles. The lowest BCUT2D eigenvalue weighted by Crippen LogP contribution is -2.16. The SMILES string of the molecule is Nc1cnccc1NS(=O)(=O)c1cc(F)ccc1F. The Labute approximate surface area is 108 Å². The van der Waals surface area contributed by atoms with E-state index < -0.39 is 26.6 Å². The van der Waals surface area contributed by atoms with E-state index in [1.807, 2.05) is 0 Å². The summed E-state index contributed by atoms with van der Waals surface area (Å²) in [5.74, 6) is -1.91. The summed E-state index contributed by atoms with van der Waals surface area (Å²) in [6.07, 6.45) is 2.55. The average molecular weight is 285 g/mol. The molecule has 0 spiro atoms. The van der Waals surface area contributed by atoms with Crippen LogP contribution < -0.4 is 10.5 Å². The van der Waals surface area contributed by atoms with Crippen LogP contribution in [0.3, 0.4) is 0 Å². The number of nitrogens with one attached hydrogen (secondary N) is 1. The van der Waals surface area contributed by atoms with E-state index in [2.05, 4.69) is 9.71 Å². The number of hydrogen-bond donors (Lipinski definition) is 2. The number of anilines is 2. The molecule has 0 saturated carbocycles. The van der Waals surface area contributed by atoms with Gasteiger partial charge in [0.1, 0.15) is 16.5 Å². The second-order valence-electron chi connectivity index (χ2n) is 3.64. The summed E-state index contributed by atoms with van der Waals surface area (Å²) in [6.45, 7) is 0. The summed E-state index contributed by atoms with van der Waals surface area (Å²) < 4.78 is 52.4. The van der Waals surface area contributed by atoms with Crippen molar-refractivity contribution in [2.24, 2.45) is 0 Å². The molecule has 3 N–H and O–H groups in total. The number of aromatic nitrogens is 1. The van der Waals surface area contributed by atoms with Gasteiger partial charge in [-0.1, -0.05) is 0 Å². The summed E-state index contributed by atoms with van der Waals surface area (Å²) >= 11 is 0. The van der Waals surface area contributed by atoms with E-state index in [9.17, 15) is 17.2 Å². The van der Waals surface area contributed by atoms with Gasteiger partial charge >= 0.3 is 0 Å². The van der Waals surface area contributed by atoms with Crippen LogP contribution in [0, 0.1) is 11.6 Å². The third-order valence-corrected chi connectivity index (χ3v) is 3.66. The summed E-state index contributed by atoms with van der Waals surface area (Å²) in [5, 5.41) is 0. The molecule has 0 bridgehead atoms. The van der Waals surface area contributed by atoms with E-state index >= 15 is 0 Å². The van der Waals surface area contributed by atoms with Gasteiger partial charge in [0.15, 0.2) is 0 Å². The molecule has 100 valence electrons. The molecule has 0 unspecified atom stereocenters. The fraction of sp³-hybridized carbons (Fsp3) is 0. The maximum atomic E-state index is 13.4. The smallest absolute Gasteiger partial charge is 0.264 e. The van der Waals surface area contributed by atoms with E-state index in [1.165, 1.54) is 18.5 Å². The van der Waals surface area contributed by atoms with Crippen LogP contribution in [0.4, 0.5) is 20.2 Å². The van der Waals surface area contributed by atoms with E-state index in [-0.39, 0.29) is 11.4 Å². The lowest BCUT2D eigenvalue weighted by molar-refractivity contribution is 0.555. The minimum atomic E-state index is -4.26. The van der Waals surface area contributed by atoms with Gasteiger partial charge in [-0.2, -0.15) is 0 Å². The molecule has 1 aromatic carbocycles. The molecule has 1 heterocycles. The number of sulfonamides is 1. The average Bonchev–Trinajstić information content (AvgIpc) is 2.35. The maximum Gasteiger partial charge on any atom is 0.264 e. The molecule has 0 amide bonds. The fourth-order valence-electron chi connectivity index (χ4n) is 1.38. The summed E-state index contributed by atoms with van der Waals surface area (Å²) in [4.78, 5) is 2.90. The number of nitrogens with two attached hydrogens (primary N) is 1. The fourth-order valence-corrected chi connectivity index (χ4v) is 2.56. The Hall–Kier alpha value is -2.22. The van der Waals surface area contributed by atoms with Crippen molar-refractivity contribution < 1.29 is 17.2 Å². The molecular weight excluding hydrogens is 276 g/mol. The van der Waals surface area contributed by atoms with Crippen molar-refractivity contribution in [3.05, 3.63) is 48.3 Å². The number of nitrogen functional groups attached to an aromatic ring is 1. The molecule has 8 heteroatoms. The van der Waals surface area contributed by atoms with Gasteiger partial charge in [-0.3, -0.25) is 9.71 Å². The van der Waals surface area contributed by atoms with E-state index in [0.29, 0.717) is 6.07 Å². The highest BCUT2D eigenvalue weighted by atomic mass is 32.2. The van der Waals surface area contributed by atoms with Crippen LogP contribution in [-0.2, 0) is 10.0 Å². The van der Waals surface area contributed by atoms with Gasteiger partial charge < -0.3 is 5.73 Å². The van der Waals surface area contributed by atoms with Gasteiger partial charge in [-0.15, -0.1) is 0 Å². The van der Waals surface area contributed by atoms with Crippen LogP contribution in [0.25, 0.3) is 0 Å². The zero-order chi connectivity index (χ0) is 14.0. The minimum Gasteiger partial charge on any atom is -0.396 e. The molecular formula is C11H9F2N3O2S. The molecule has 2 rings (SSSR count). The Morgan fingerprint density at radius 3 is 2.63 bits per heavy atom.